The molecular formula is C13H17N3OS. The summed E-state index contributed by atoms with van der Waals surface area (Å²) in [5, 5.41) is 14.4. The molecule has 5 heteroatoms. The zero-order valence-electron chi connectivity index (χ0n) is 10.5. The molecule has 0 spiro atoms. The van der Waals surface area contributed by atoms with Gasteiger partial charge in [0, 0.05) is 36.1 Å². The monoisotopic (exact) mass is 263 g/mol. The van der Waals surface area contributed by atoms with Crippen molar-refractivity contribution in [1.29, 1.82) is 0 Å². The van der Waals surface area contributed by atoms with Crippen molar-refractivity contribution in [2.45, 2.75) is 26.0 Å². The van der Waals surface area contributed by atoms with E-state index in [1.54, 1.807) is 23.7 Å². The molecule has 0 aliphatic rings. The van der Waals surface area contributed by atoms with Crippen LogP contribution in [0.25, 0.3) is 0 Å². The van der Waals surface area contributed by atoms with Gasteiger partial charge in [0.25, 0.3) is 0 Å². The molecule has 2 unspecified atom stereocenters. The highest BCUT2D eigenvalue weighted by Gasteiger charge is 2.11. The first-order chi connectivity index (χ1) is 8.66. The summed E-state index contributed by atoms with van der Waals surface area (Å²) in [5.41, 5.74) is 0.880. The van der Waals surface area contributed by atoms with Crippen LogP contribution in [0.5, 0.6) is 0 Å². The van der Waals surface area contributed by atoms with E-state index in [-0.39, 0.29) is 6.04 Å². The normalized spacial score (nSPS) is 14.4. The van der Waals surface area contributed by atoms with Crippen molar-refractivity contribution in [2.75, 3.05) is 6.54 Å². The molecule has 2 aromatic rings. The summed E-state index contributed by atoms with van der Waals surface area (Å²) in [5.74, 6) is 0. The van der Waals surface area contributed by atoms with Gasteiger partial charge in [0.1, 0.15) is 0 Å². The van der Waals surface area contributed by atoms with Crippen molar-refractivity contribution in [1.82, 2.24) is 15.3 Å². The summed E-state index contributed by atoms with van der Waals surface area (Å²) in [6.07, 6.45) is 4.75. The number of rotatable bonds is 5. The minimum absolute atomic E-state index is 0.202. The molecule has 0 aliphatic carbocycles. The highest BCUT2D eigenvalue weighted by molar-refractivity contribution is 7.11. The molecule has 0 aromatic carbocycles. The molecule has 0 saturated heterocycles. The highest BCUT2D eigenvalue weighted by atomic mass is 32.1. The van der Waals surface area contributed by atoms with Gasteiger partial charge in [0.2, 0.25) is 0 Å². The lowest BCUT2D eigenvalue weighted by atomic mass is 10.1. The molecule has 2 rings (SSSR count). The number of aliphatic hydroxyl groups excluding tert-OH is 1. The summed E-state index contributed by atoms with van der Waals surface area (Å²) in [6, 6.07) is 3.86. The summed E-state index contributed by atoms with van der Waals surface area (Å²) < 4.78 is 0. The predicted octanol–water partition coefficient (Wildman–Crippen LogP) is 2.23. The van der Waals surface area contributed by atoms with Crippen molar-refractivity contribution in [3.05, 3.63) is 46.2 Å². The third-order valence-electron chi connectivity index (χ3n) is 2.77. The molecule has 18 heavy (non-hydrogen) atoms. The van der Waals surface area contributed by atoms with Gasteiger partial charge in [0.15, 0.2) is 0 Å². The molecule has 0 fully saturated rings. The van der Waals surface area contributed by atoms with Gasteiger partial charge in [0.05, 0.1) is 11.1 Å². The number of nitrogens with zero attached hydrogens (tertiary/aromatic N) is 2. The van der Waals surface area contributed by atoms with E-state index in [1.807, 2.05) is 25.3 Å². The van der Waals surface area contributed by atoms with Gasteiger partial charge in [-0.05, 0) is 31.5 Å². The molecule has 0 saturated carbocycles. The Morgan fingerprint density at radius 1 is 1.39 bits per heavy atom. The van der Waals surface area contributed by atoms with E-state index in [1.165, 1.54) is 4.88 Å². The third kappa shape index (κ3) is 3.35. The largest absolute Gasteiger partial charge is 0.387 e. The second kappa shape index (κ2) is 6.04. The Bertz CT molecular complexity index is 486. The van der Waals surface area contributed by atoms with E-state index in [0.717, 1.165) is 10.6 Å². The Morgan fingerprint density at radius 3 is 2.72 bits per heavy atom. The molecule has 96 valence electrons. The molecule has 2 heterocycles. The van der Waals surface area contributed by atoms with Gasteiger partial charge in [-0.1, -0.05) is 0 Å². The van der Waals surface area contributed by atoms with Crippen molar-refractivity contribution in [3.8, 4) is 0 Å². The fourth-order valence-corrected chi connectivity index (χ4v) is 2.48. The van der Waals surface area contributed by atoms with Gasteiger partial charge < -0.3 is 10.4 Å². The van der Waals surface area contributed by atoms with Crippen LogP contribution in [0.1, 0.15) is 34.5 Å². The van der Waals surface area contributed by atoms with Gasteiger partial charge in [-0.3, -0.25) is 4.98 Å². The van der Waals surface area contributed by atoms with Gasteiger partial charge in [-0.15, -0.1) is 11.3 Å². The minimum atomic E-state index is -0.510. The van der Waals surface area contributed by atoms with Crippen molar-refractivity contribution >= 4 is 11.3 Å². The molecule has 4 nitrogen and oxygen atoms in total. The lowest BCUT2D eigenvalue weighted by Gasteiger charge is -2.16. The van der Waals surface area contributed by atoms with Gasteiger partial charge in [-0.25, -0.2) is 4.98 Å². The van der Waals surface area contributed by atoms with Crippen molar-refractivity contribution in [2.24, 2.45) is 0 Å². The Labute approximate surface area is 111 Å². The number of aryl methyl sites for hydroxylation is 1. The average molecular weight is 263 g/mol. The van der Waals surface area contributed by atoms with E-state index in [2.05, 4.69) is 22.2 Å². The average Bonchev–Trinajstić information content (AvgIpc) is 2.83. The maximum Gasteiger partial charge on any atom is 0.0915 e. The van der Waals surface area contributed by atoms with E-state index >= 15 is 0 Å². The Balaban J connectivity index is 1.88. The first kappa shape index (κ1) is 13.1. The van der Waals surface area contributed by atoms with Crippen LogP contribution in [0.4, 0.5) is 0 Å². The van der Waals surface area contributed by atoms with Crippen LogP contribution in [0.3, 0.4) is 0 Å². The number of hydrogen-bond donors (Lipinski definition) is 2. The van der Waals surface area contributed by atoms with E-state index in [4.69, 9.17) is 0 Å². The smallest absolute Gasteiger partial charge is 0.0915 e. The van der Waals surface area contributed by atoms with E-state index < -0.39 is 6.10 Å². The first-order valence-electron chi connectivity index (χ1n) is 5.90. The van der Waals surface area contributed by atoms with Crippen LogP contribution in [0, 0.1) is 6.92 Å². The second-order valence-corrected chi connectivity index (χ2v) is 5.47. The lowest BCUT2D eigenvalue weighted by molar-refractivity contribution is 0.171. The fourth-order valence-electron chi connectivity index (χ4n) is 1.67. The second-order valence-electron chi connectivity index (χ2n) is 4.21. The molecular weight excluding hydrogens is 246 g/mol. The quantitative estimate of drug-likeness (QED) is 0.868. The molecule has 0 bridgehead atoms. The summed E-state index contributed by atoms with van der Waals surface area (Å²) in [6.45, 7) is 4.58. The van der Waals surface area contributed by atoms with Gasteiger partial charge >= 0.3 is 0 Å². The van der Waals surface area contributed by atoms with Crippen LogP contribution in [0.2, 0.25) is 0 Å². The lowest BCUT2D eigenvalue weighted by Crippen LogP contribution is -2.24. The molecule has 0 aliphatic heterocycles. The zero-order chi connectivity index (χ0) is 13.0. The topological polar surface area (TPSA) is 58.0 Å². The van der Waals surface area contributed by atoms with E-state index in [0.29, 0.717) is 6.54 Å². The summed E-state index contributed by atoms with van der Waals surface area (Å²) in [7, 11) is 0. The number of aromatic nitrogens is 2. The molecule has 2 N–H and O–H groups in total. The molecule has 2 aromatic heterocycles. The predicted molar refractivity (Wildman–Crippen MR) is 72.5 cm³/mol. The fraction of sp³-hybridized carbons (Fsp3) is 0.385. The van der Waals surface area contributed by atoms with Crippen molar-refractivity contribution < 1.29 is 5.11 Å². The molecule has 0 radical (unpaired) electrons. The van der Waals surface area contributed by atoms with Crippen LogP contribution in [-0.2, 0) is 0 Å². The first-order valence-corrected chi connectivity index (χ1v) is 6.72. The van der Waals surface area contributed by atoms with Crippen LogP contribution < -0.4 is 5.32 Å². The number of hydrogen-bond acceptors (Lipinski definition) is 5. The Hall–Kier alpha value is -1.30. The van der Waals surface area contributed by atoms with Crippen molar-refractivity contribution in [3.63, 3.8) is 0 Å². The number of nitrogens with one attached hydrogen (secondary N) is 1. The van der Waals surface area contributed by atoms with Crippen LogP contribution in [-0.4, -0.2) is 21.6 Å². The standard InChI is InChI=1S/C13H17N3OS/c1-9(13-8-16-10(2)18-13)15-7-12(17)11-3-5-14-6-4-11/h3-6,8-9,12,15,17H,7H2,1-2H3. The maximum absolute atomic E-state index is 10.0. The Morgan fingerprint density at radius 2 is 2.11 bits per heavy atom. The number of pyridine rings is 1. The summed E-state index contributed by atoms with van der Waals surface area (Å²) >= 11 is 1.68. The maximum atomic E-state index is 10.0. The molecule has 2 atom stereocenters. The SMILES string of the molecule is Cc1ncc(C(C)NCC(O)c2ccncc2)s1. The third-order valence-corrected chi connectivity index (χ3v) is 3.87. The number of aliphatic hydroxyl groups is 1. The van der Waals surface area contributed by atoms with Crippen LogP contribution >= 0.6 is 11.3 Å². The summed E-state index contributed by atoms with van der Waals surface area (Å²) in [4.78, 5) is 9.36. The zero-order valence-corrected chi connectivity index (χ0v) is 11.3. The van der Waals surface area contributed by atoms with E-state index in [9.17, 15) is 5.11 Å². The van der Waals surface area contributed by atoms with Crippen LogP contribution in [0.15, 0.2) is 30.7 Å². The Kier molecular flexibility index (Phi) is 4.41. The minimum Gasteiger partial charge on any atom is -0.387 e. The highest BCUT2D eigenvalue weighted by Crippen LogP contribution is 2.20. The number of thiazole rings is 1. The molecule has 0 amide bonds. The van der Waals surface area contributed by atoms with Gasteiger partial charge in [-0.2, -0.15) is 0 Å².